The highest BCUT2D eigenvalue weighted by atomic mass is 32.2. The van der Waals surface area contributed by atoms with Gasteiger partial charge in [-0.1, -0.05) is 12.1 Å². The Morgan fingerprint density at radius 2 is 2.20 bits per heavy atom. The van der Waals surface area contributed by atoms with Gasteiger partial charge in [-0.2, -0.15) is 0 Å². The SMILES string of the molecule is COC(=O)CN1C(=O)S/C(=C/c2cccc(N)c2)C1=O. The van der Waals surface area contributed by atoms with Crippen molar-refractivity contribution in [2.45, 2.75) is 0 Å². The molecular formula is C13H12N2O4S. The molecule has 0 atom stereocenters. The molecule has 0 aromatic heterocycles. The third-order valence-electron chi connectivity index (χ3n) is 2.60. The number of nitrogens with zero attached hydrogens (tertiary/aromatic N) is 1. The fourth-order valence-corrected chi connectivity index (χ4v) is 2.47. The number of carbonyl (C=O) groups excluding carboxylic acids is 3. The Balaban J connectivity index is 2.21. The molecule has 1 heterocycles. The lowest BCUT2D eigenvalue weighted by Crippen LogP contribution is -2.34. The molecule has 104 valence electrons. The number of hydrogen-bond acceptors (Lipinski definition) is 6. The summed E-state index contributed by atoms with van der Waals surface area (Å²) in [6.45, 7) is -0.380. The van der Waals surface area contributed by atoms with Crippen LogP contribution in [0.1, 0.15) is 5.56 Å². The molecule has 1 aliphatic rings. The van der Waals surface area contributed by atoms with E-state index in [4.69, 9.17) is 5.73 Å². The van der Waals surface area contributed by atoms with E-state index >= 15 is 0 Å². The fraction of sp³-hybridized carbons (Fsp3) is 0.154. The van der Waals surface area contributed by atoms with Crippen molar-refractivity contribution in [1.29, 1.82) is 0 Å². The van der Waals surface area contributed by atoms with Crippen LogP contribution in [0, 0.1) is 0 Å². The molecule has 20 heavy (non-hydrogen) atoms. The largest absolute Gasteiger partial charge is 0.468 e. The first-order valence-corrected chi connectivity index (χ1v) is 6.50. The molecule has 2 amide bonds. The molecule has 6 nitrogen and oxygen atoms in total. The third kappa shape index (κ3) is 3.00. The summed E-state index contributed by atoms with van der Waals surface area (Å²) in [6, 6.07) is 6.93. The first-order valence-electron chi connectivity index (χ1n) is 5.69. The van der Waals surface area contributed by atoms with Crippen molar-refractivity contribution in [2.75, 3.05) is 19.4 Å². The average molecular weight is 292 g/mol. The van der Waals surface area contributed by atoms with Crippen LogP contribution in [0.3, 0.4) is 0 Å². The van der Waals surface area contributed by atoms with Crippen LogP contribution in [0.5, 0.6) is 0 Å². The Kier molecular flexibility index (Phi) is 4.09. The zero-order valence-corrected chi connectivity index (χ0v) is 11.5. The van der Waals surface area contributed by atoms with Crippen molar-refractivity contribution in [1.82, 2.24) is 4.90 Å². The van der Waals surface area contributed by atoms with Crippen molar-refractivity contribution < 1.29 is 19.1 Å². The maximum Gasteiger partial charge on any atom is 0.325 e. The number of anilines is 1. The maximum absolute atomic E-state index is 12.0. The molecule has 1 saturated heterocycles. The maximum atomic E-state index is 12.0. The molecular weight excluding hydrogens is 280 g/mol. The summed E-state index contributed by atoms with van der Waals surface area (Å²) in [5.74, 6) is -1.15. The predicted octanol–water partition coefficient (Wildman–Crippen LogP) is 1.48. The Morgan fingerprint density at radius 1 is 1.45 bits per heavy atom. The van der Waals surface area contributed by atoms with Gasteiger partial charge in [-0.25, -0.2) is 0 Å². The van der Waals surface area contributed by atoms with Crippen molar-refractivity contribution in [3.63, 3.8) is 0 Å². The molecule has 0 radical (unpaired) electrons. The van der Waals surface area contributed by atoms with Crippen molar-refractivity contribution in [2.24, 2.45) is 0 Å². The van der Waals surface area contributed by atoms with Gasteiger partial charge >= 0.3 is 5.97 Å². The molecule has 1 aromatic carbocycles. The van der Waals surface area contributed by atoms with Crippen LogP contribution in [-0.2, 0) is 14.3 Å². The van der Waals surface area contributed by atoms with E-state index in [2.05, 4.69) is 4.74 Å². The van der Waals surface area contributed by atoms with Gasteiger partial charge in [0.2, 0.25) is 0 Å². The lowest BCUT2D eigenvalue weighted by Gasteiger charge is -2.09. The first kappa shape index (κ1) is 14.1. The van der Waals surface area contributed by atoms with E-state index in [0.29, 0.717) is 11.3 Å². The van der Waals surface area contributed by atoms with Gasteiger partial charge in [-0.3, -0.25) is 19.3 Å². The second-order valence-corrected chi connectivity index (χ2v) is 5.01. The summed E-state index contributed by atoms with van der Waals surface area (Å²) in [4.78, 5) is 36.0. The van der Waals surface area contributed by atoms with Gasteiger partial charge in [0.1, 0.15) is 6.54 Å². The Morgan fingerprint density at radius 3 is 2.85 bits per heavy atom. The van der Waals surface area contributed by atoms with Gasteiger partial charge in [0.15, 0.2) is 0 Å². The number of esters is 1. The molecule has 1 aromatic rings. The van der Waals surface area contributed by atoms with Crippen LogP contribution in [0.2, 0.25) is 0 Å². The monoisotopic (exact) mass is 292 g/mol. The van der Waals surface area contributed by atoms with Gasteiger partial charge in [0.05, 0.1) is 12.0 Å². The van der Waals surface area contributed by atoms with Crippen LogP contribution in [0.25, 0.3) is 6.08 Å². The highest BCUT2D eigenvalue weighted by Gasteiger charge is 2.36. The van der Waals surface area contributed by atoms with E-state index < -0.39 is 17.1 Å². The smallest absolute Gasteiger partial charge is 0.325 e. The number of hydrogen-bond donors (Lipinski definition) is 1. The standard InChI is InChI=1S/C13H12N2O4S/c1-19-11(16)7-15-12(17)10(20-13(15)18)6-8-3-2-4-9(14)5-8/h2-6H,7,14H2,1H3/b10-6+. The van der Waals surface area contributed by atoms with Gasteiger partial charge in [0, 0.05) is 5.69 Å². The second kappa shape index (κ2) is 5.79. The summed E-state index contributed by atoms with van der Waals surface area (Å²) in [6.07, 6.45) is 1.57. The van der Waals surface area contributed by atoms with Crippen molar-refractivity contribution >= 4 is 40.6 Å². The molecule has 0 bridgehead atoms. The molecule has 7 heteroatoms. The molecule has 1 fully saturated rings. The van der Waals surface area contributed by atoms with Crippen LogP contribution >= 0.6 is 11.8 Å². The number of benzene rings is 1. The van der Waals surface area contributed by atoms with E-state index in [0.717, 1.165) is 16.7 Å². The molecule has 0 spiro atoms. The average Bonchev–Trinajstić information content (AvgIpc) is 2.66. The quantitative estimate of drug-likeness (QED) is 0.515. The topological polar surface area (TPSA) is 89.7 Å². The summed E-state index contributed by atoms with van der Waals surface area (Å²) in [7, 11) is 1.20. The van der Waals surface area contributed by atoms with Crippen LogP contribution < -0.4 is 5.73 Å². The van der Waals surface area contributed by atoms with Crippen LogP contribution in [0.4, 0.5) is 10.5 Å². The van der Waals surface area contributed by atoms with Gasteiger partial charge in [0.25, 0.3) is 11.1 Å². The summed E-state index contributed by atoms with van der Waals surface area (Å²) in [5, 5.41) is -0.490. The zero-order chi connectivity index (χ0) is 14.7. The number of methoxy groups -OCH3 is 1. The van der Waals surface area contributed by atoms with E-state index in [1.165, 1.54) is 7.11 Å². The number of nitrogen functional groups attached to an aromatic ring is 1. The van der Waals surface area contributed by atoms with E-state index in [1.54, 1.807) is 30.3 Å². The molecule has 0 saturated carbocycles. The summed E-state index contributed by atoms with van der Waals surface area (Å²) < 4.78 is 4.45. The highest BCUT2D eigenvalue weighted by molar-refractivity contribution is 8.18. The lowest BCUT2D eigenvalue weighted by molar-refractivity contribution is -0.143. The van der Waals surface area contributed by atoms with Crippen molar-refractivity contribution in [3.05, 3.63) is 34.7 Å². The number of ether oxygens (including phenoxy) is 1. The molecule has 0 aliphatic carbocycles. The van der Waals surface area contributed by atoms with Crippen LogP contribution in [-0.4, -0.2) is 35.7 Å². The number of thioether (sulfide) groups is 1. The second-order valence-electron chi connectivity index (χ2n) is 4.01. The number of carbonyl (C=O) groups is 3. The number of imide groups is 1. The Bertz CT molecular complexity index is 612. The van der Waals surface area contributed by atoms with Gasteiger partial charge < -0.3 is 10.5 Å². The number of rotatable bonds is 3. The first-order chi connectivity index (χ1) is 9.51. The zero-order valence-electron chi connectivity index (χ0n) is 10.7. The van der Waals surface area contributed by atoms with Gasteiger partial charge in [-0.15, -0.1) is 0 Å². The van der Waals surface area contributed by atoms with Crippen molar-refractivity contribution in [3.8, 4) is 0 Å². The van der Waals surface area contributed by atoms with E-state index in [-0.39, 0.29) is 11.4 Å². The fourth-order valence-electron chi connectivity index (χ4n) is 1.63. The Labute approximate surface area is 119 Å². The predicted molar refractivity (Wildman–Crippen MR) is 75.5 cm³/mol. The van der Waals surface area contributed by atoms with Gasteiger partial charge in [-0.05, 0) is 35.5 Å². The molecule has 2 N–H and O–H groups in total. The van der Waals surface area contributed by atoms with E-state index in [9.17, 15) is 14.4 Å². The summed E-state index contributed by atoms with van der Waals surface area (Å²) >= 11 is 0.785. The minimum atomic E-state index is -0.641. The minimum Gasteiger partial charge on any atom is -0.468 e. The summed E-state index contributed by atoms with van der Waals surface area (Å²) in [5.41, 5.74) is 6.93. The lowest BCUT2D eigenvalue weighted by atomic mass is 10.2. The van der Waals surface area contributed by atoms with E-state index in [1.807, 2.05) is 0 Å². The minimum absolute atomic E-state index is 0.254. The third-order valence-corrected chi connectivity index (χ3v) is 3.50. The Hall–Kier alpha value is -2.28. The number of amides is 2. The molecule has 1 aliphatic heterocycles. The molecule has 2 rings (SSSR count). The highest BCUT2D eigenvalue weighted by Crippen LogP contribution is 2.32. The van der Waals surface area contributed by atoms with Crippen LogP contribution in [0.15, 0.2) is 29.2 Å². The molecule has 0 unspecified atom stereocenters. The normalized spacial score (nSPS) is 16.9. The number of nitrogens with two attached hydrogens (primary N) is 1.